The Balaban J connectivity index is 0.739. The summed E-state index contributed by atoms with van der Waals surface area (Å²) in [5.74, 6) is -10.7. The first-order chi connectivity index (χ1) is 46.0. The SMILES string of the molecule is NC1=NC2N=CC(CNc3ccc(C(=O)NC(CCC(=O)CC(CCC(=O)NC(CCCCNC(=O)C(CS)CC(=O)C(CCCCNC(=O)c4ccccc4-c4c5ccc(=O)cc-5oc5cc(O)ccc45)NC(=O)C4CCCC4)C(=O)O)C(=O)O)C(=O)O)cc3)=NC2C(=O)N1. The minimum atomic E-state index is -1.53. The Kier molecular flexibility index (Phi) is 25.5. The molecular formula is C67H77N11O17S. The van der Waals surface area contributed by atoms with Crippen LogP contribution in [0.3, 0.4) is 0 Å². The van der Waals surface area contributed by atoms with Gasteiger partial charge in [-0.05, 0) is 124 Å². The average molecular weight is 1340 g/mol. The average Bonchev–Trinajstić information content (AvgIpc) is 0.770. The molecule has 0 bridgehead atoms. The molecule has 6 amide bonds. The summed E-state index contributed by atoms with van der Waals surface area (Å²) in [5, 5.41) is 59.4. The Morgan fingerprint density at radius 2 is 1.39 bits per heavy atom. The number of carboxylic acids is 3. The fourth-order valence-corrected chi connectivity index (χ4v) is 11.9. The number of thiol groups is 1. The highest BCUT2D eigenvalue weighted by Crippen LogP contribution is 2.42. The van der Waals surface area contributed by atoms with Gasteiger partial charge in [0, 0.05) is 102 Å². The maximum Gasteiger partial charge on any atom is 0.326 e. The summed E-state index contributed by atoms with van der Waals surface area (Å²) in [5.41, 5.74) is 8.86. The molecule has 1 saturated carbocycles. The van der Waals surface area contributed by atoms with Gasteiger partial charge < -0.3 is 62.5 Å². The highest BCUT2D eigenvalue weighted by molar-refractivity contribution is 7.80. The number of anilines is 1. The van der Waals surface area contributed by atoms with Crippen molar-refractivity contribution in [3.63, 3.8) is 0 Å². The van der Waals surface area contributed by atoms with E-state index in [0.29, 0.717) is 70.3 Å². The van der Waals surface area contributed by atoms with E-state index >= 15 is 0 Å². The van der Waals surface area contributed by atoms with Crippen LogP contribution >= 0.6 is 12.6 Å². The number of amides is 6. The van der Waals surface area contributed by atoms with Gasteiger partial charge in [-0.3, -0.25) is 63.2 Å². The molecule has 0 saturated heterocycles. The number of fused-ring (bicyclic) bond motifs is 3. The number of hydrogen-bond donors (Lipinski definition) is 13. The molecule has 7 atom stereocenters. The fourth-order valence-electron chi connectivity index (χ4n) is 11.6. The lowest BCUT2D eigenvalue weighted by Crippen LogP contribution is -2.52. The molecular weight excluding hydrogens is 1260 g/mol. The van der Waals surface area contributed by atoms with Crippen LogP contribution in [0.1, 0.15) is 123 Å². The molecule has 1 fully saturated rings. The largest absolute Gasteiger partial charge is 0.508 e. The smallest absolute Gasteiger partial charge is 0.326 e. The summed E-state index contributed by atoms with van der Waals surface area (Å²) in [6, 6.07) is 17.2. The third-order valence-corrected chi connectivity index (χ3v) is 17.3. The zero-order chi connectivity index (χ0) is 69.0. The summed E-state index contributed by atoms with van der Waals surface area (Å²) < 4.78 is 5.99. The summed E-state index contributed by atoms with van der Waals surface area (Å²) in [6.45, 7) is 0.458. The van der Waals surface area contributed by atoms with E-state index in [-0.39, 0.29) is 122 Å². The predicted molar refractivity (Wildman–Crippen MR) is 356 cm³/mol. The van der Waals surface area contributed by atoms with Crippen molar-refractivity contribution in [2.24, 2.45) is 38.5 Å². The molecule has 3 heterocycles. The van der Waals surface area contributed by atoms with Crippen molar-refractivity contribution in [1.82, 2.24) is 31.9 Å². The minimum absolute atomic E-state index is 0.0113. The van der Waals surface area contributed by atoms with E-state index in [2.05, 4.69) is 64.8 Å². The zero-order valence-electron chi connectivity index (χ0n) is 52.4. The van der Waals surface area contributed by atoms with Crippen molar-refractivity contribution in [2.75, 3.05) is 30.7 Å². The first-order valence-electron chi connectivity index (χ1n) is 31.7. The first-order valence-corrected chi connectivity index (χ1v) is 32.4. The number of unbranched alkanes of at least 4 members (excludes halogenated alkanes) is 2. The number of ketones is 2. The van der Waals surface area contributed by atoms with Gasteiger partial charge in [0.2, 0.25) is 17.7 Å². The standard InChI is InChI=1S/C67H77N11O17S/c68-67-77-58-57(63(88)78-67)73-41(34-72-58)33-71-40-18-15-37(16-19-40)61(86)76-51(66(93)94)25-22-42(79)29-38(64(89)90)17-26-55(83)74-50(65(91)92)14-6-8-27-69-59(84)39(35-96)30-52(82)49(75-60(85)36-9-1-2-10-36)13-5-7-28-70-62(87)46-12-4-3-11-45(46)56-47-23-20-43(80)31-53(47)95-54-32-44(81)21-24-48(54)56/h3-4,11-12,15-16,18-21,23-24,31-32,34,36,38-39,49-51,57-58,71,80,96H,1-2,5-10,13-14,17,22,25-30,33,35H2,(H,69,84)(H,70,87)(H,74,83)(H,75,85)(H,76,86)(H,89,90)(H,91,92)(H,93,94)(H3,68,77,78,88). The quantitative estimate of drug-likeness (QED) is 0.0150. The van der Waals surface area contributed by atoms with Gasteiger partial charge in [0.15, 0.2) is 29.4 Å². The van der Waals surface area contributed by atoms with Gasteiger partial charge in [0.05, 0.1) is 30.1 Å². The van der Waals surface area contributed by atoms with E-state index in [4.69, 9.17) is 10.2 Å². The molecule has 508 valence electrons. The van der Waals surface area contributed by atoms with Crippen LogP contribution in [0.5, 0.6) is 5.75 Å². The number of carbonyl (C=O) groups excluding carboxylic acids is 8. The van der Waals surface area contributed by atoms with Crippen LogP contribution in [0, 0.1) is 17.8 Å². The Labute approximate surface area is 556 Å². The lowest BCUT2D eigenvalue weighted by Gasteiger charge is -2.25. The van der Waals surface area contributed by atoms with E-state index in [0.717, 1.165) is 12.8 Å². The lowest BCUT2D eigenvalue weighted by atomic mass is 9.90. The molecule has 28 nitrogen and oxygen atoms in total. The number of Topliss-reactive ketones (excluding diaryl/α,β-unsaturated/α-hetero) is 2. The van der Waals surface area contributed by atoms with Crippen molar-refractivity contribution in [2.45, 2.75) is 133 Å². The van der Waals surface area contributed by atoms with Crippen molar-refractivity contribution in [1.29, 1.82) is 0 Å². The number of phenolic OH excluding ortho intramolecular Hbond substituents is 1. The molecule has 8 rings (SSSR count). The van der Waals surface area contributed by atoms with Crippen molar-refractivity contribution in [3.05, 3.63) is 106 Å². The Morgan fingerprint density at radius 1 is 0.688 bits per heavy atom. The van der Waals surface area contributed by atoms with Crippen molar-refractivity contribution < 1.29 is 77.6 Å². The number of nitrogens with zero attached hydrogens (tertiary/aromatic N) is 3. The van der Waals surface area contributed by atoms with Crippen LogP contribution in [0.2, 0.25) is 0 Å². The van der Waals surface area contributed by atoms with Crippen LogP contribution in [0.4, 0.5) is 5.69 Å². The highest BCUT2D eigenvalue weighted by atomic mass is 32.1. The molecule has 3 aromatic carbocycles. The topological polar surface area (TPSA) is 446 Å². The molecule has 0 aromatic heterocycles. The van der Waals surface area contributed by atoms with Crippen LogP contribution in [-0.4, -0.2) is 159 Å². The number of hydrogen-bond acceptors (Lipinski definition) is 20. The Bertz CT molecular complexity index is 3870. The van der Waals surface area contributed by atoms with Crippen LogP contribution in [0.25, 0.3) is 33.4 Å². The second kappa shape index (κ2) is 34.2. The third-order valence-electron chi connectivity index (χ3n) is 16.9. The molecule has 3 aliphatic heterocycles. The van der Waals surface area contributed by atoms with Gasteiger partial charge in [-0.1, -0.05) is 31.0 Å². The molecule has 0 radical (unpaired) electrons. The van der Waals surface area contributed by atoms with Gasteiger partial charge in [0.25, 0.3) is 17.7 Å². The van der Waals surface area contributed by atoms with Crippen molar-refractivity contribution in [3.8, 4) is 28.2 Å². The summed E-state index contributed by atoms with van der Waals surface area (Å²) in [7, 11) is 0. The van der Waals surface area contributed by atoms with Crippen molar-refractivity contribution >= 4 is 112 Å². The van der Waals surface area contributed by atoms with Crippen LogP contribution in [-0.2, 0) is 43.2 Å². The number of nitrogens with two attached hydrogens (primary N) is 1. The maximum absolute atomic E-state index is 14.0. The second-order valence-corrected chi connectivity index (χ2v) is 24.2. The molecule has 29 heteroatoms. The van der Waals surface area contributed by atoms with Gasteiger partial charge >= 0.3 is 17.9 Å². The van der Waals surface area contributed by atoms with E-state index in [1.54, 1.807) is 48.5 Å². The minimum Gasteiger partial charge on any atom is -0.508 e. The molecule has 5 aliphatic rings. The Morgan fingerprint density at radius 3 is 2.09 bits per heavy atom. The monoisotopic (exact) mass is 1340 g/mol. The number of rotatable bonds is 36. The van der Waals surface area contributed by atoms with Gasteiger partial charge in [-0.25, -0.2) is 14.6 Å². The zero-order valence-corrected chi connectivity index (χ0v) is 53.3. The first kappa shape index (κ1) is 71.5. The second-order valence-electron chi connectivity index (χ2n) is 23.9. The lowest BCUT2D eigenvalue weighted by molar-refractivity contribution is -0.145. The van der Waals surface area contributed by atoms with E-state index in [1.165, 1.54) is 42.6 Å². The predicted octanol–water partition coefficient (Wildman–Crippen LogP) is 4.39. The number of nitrogens with one attached hydrogen (secondary N) is 7. The number of aliphatic imine (C=N–C) groups is 3. The summed E-state index contributed by atoms with van der Waals surface area (Å²) in [4.78, 5) is 167. The number of carbonyl (C=O) groups is 11. The van der Waals surface area contributed by atoms with Gasteiger partial charge in [-0.15, -0.1) is 0 Å². The number of aliphatic carboxylic acids is 3. The molecule has 13 N–H and O–H groups in total. The molecule has 3 aromatic rings. The number of guanidine groups is 1. The van der Waals surface area contributed by atoms with E-state index < -0.39 is 109 Å². The number of benzene rings is 4. The molecule has 96 heavy (non-hydrogen) atoms. The van der Waals surface area contributed by atoms with Gasteiger partial charge in [0.1, 0.15) is 35.0 Å². The normalized spacial score (nSPS) is 16.7. The third kappa shape index (κ3) is 19.9. The number of phenols is 1. The fraction of sp³-hybridized carbons (Fsp3) is 0.418. The van der Waals surface area contributed by atoms with E-state index in [9.17, 15) is 78.0 Å². The number of carboxylic acid groups (broad SMARTS) is 3. The van der Waals surface area contributed by atoms with Crippen LogP contribution in [0.15, 0.2) is 109 Å². The van der Waals surface area contributed by atoms with E-state index in [1.807, 2.05) is 0 Å². The molecule has 7 unspecified atom stereocenters. The number of aromatic hydroxyl groups is 1. The highest BCUT2D eigenvalue weighted by Gasteiger charge is 2.35. The Hall–Kier alpha value is -10.3. The maximum atomic E-state index is 14.0. The summed E-state index contributed by atoms with van der Waals surface area (Å²) in [6.07, 6.45) is 2.88. The van der Waals surface area contributed by atoms with Crippen LogP contribution < -0.4 is 48.4 Å². The molecule has 0 spiro atoms. The summed E-state index contributed by atoms with van der Waals surface area (Å²) >= 11 is 4.36. The van der Waals surface area contributed by atoms with Gasteiger partial charge in [-0.2, -0.15) is 12.6 Å². The molecule has 2 aliphatic carbocycles.